The lowest BCUT2D eigenvalue weighted by atomic mass is 10.0. The van der Waals surface area contributed by atoms with Crippen molar-refractivity contribution in [2.24, 2.45) is 5.92 Å². The van der Waals surface area contributed by atoms with Gasteiger partial charge in [-0.25, -0.2) is 4.98 Å². The largest absolute Gasteiger partial charge is 0.346 e. The molecule has 1 aliphatic rings. The number of benzene rings is 2. The predicted octanol–water partition coefficient (Wildman–Crippen LogP) is 4.15. The first-order valence-electron chi connectivity index (χ1n) is 9.08. The number of imidazole rings is 1. The van der Waals surface area contributed by atoms with E-state index >= 15 is 0 Å². The summed E-state index contributed by atoms with van der Waals surface area (Å²) >= 11 is 0. The van der Waals surface area contributed by atoms with Crippen LogP contribution in [-0.2, 0) is 11.2 Å². The molecular weight excluding hydrogens is 310 g/mol. The molecule has 0 aliphatic heterocycles. The second-order valence-corrected chi connectivity index (χ2v) is 6.87. The standard InChI is InChI=1S/C21H23N3O/c25-21(16-10-4-5-11-16)24-19(14-15-8-2-1-3-9-15)20-22-17-12-6-7-13-18(17)23-20/h1-3,6-9,12-13,16,19H,4-5,10-11,14H2,(H,22,23)(H,24,25)/t19-/m0/s1. The molecule has 4 nitrogen and oxygen atoms in total. The van der Waals surface area contributed by atoms with Gasteiger partial charge in [-0.3, -0.25) is 4.79 Å². The number of hydrogen-bond donors (Lipinski definition) is 2. The van der Waals surface area contributed by atoms with Crippen LogP contribution in [0.3, 0.4) is 0 Å². The molecule has 1 aromatic heterocycles. The van der Waals surface area contributed by atoms with E-state index in [1.165, 1.54) is 5.56 Å². The maximum atomic E-state index is 12.7. The summed E-state index contributed by atoms with van der Waals surface area (Å²) in [4.78, 5) is 20.8. The Balaban J connectivity index is 1.61. The first-order valence-corrected chi connectivity index (χ1v) is 9.08. The molecule has 128 valence electrons. The number of aromatic amines is 1. The number of nitrogens with zero attached hydrogens (tertiary/aromatic N) is 1. The molecule has 0 bridgehead atoms. The van der Waals surface area contributed by atoms with Gasteiger partial charge in [0.05, 0.1) is 17.1 Å². The van der Waals surface area contributed by atoms with Crippen molar-refractivity contribution in [1.82, 2.24) is 15.3 Å². The molecule has 0 saturated heterocycles. The van der Waals surface area contributed by atoms with Gasteiger partial charge in [-0.05, 0) is 37.0 Å². The maximum Gasteiger partial charge on any atom is 0.223 e. The van der Waals surface area contributed by atoms with E-state index in [2.05, 4.69) is 22.4 Å². The number of aromatic nitrogens is 2. The van der Waals surface area contributed by atoms with E-state index < -0.39 is 0 Å². The molecular formula is C21H23N3O. The fourth-order valence-corrected chi connectivity index (χ4v) is 3.68. The van der Waals surface area contributed by atoms with E-state index in [0.29, 0.717) is 0 Å². The summed E-state index contributed by atoms with van der Waals surface area (Å²) in [6.45, 7) is 0. The minimum atomic E-state index is -0.136. The highest BCUT2D eigenvalue weighted by molar-refractivity contribution is 5.80. The fraction of sp³-hybridized carbons (Fsp3) is 0.333. The third-order valence-electron chi connectivity index (χ3n) is 5.06. The van der Waals surface area contributed by atoms with Crippen LogP contribution in [0.5, 0.6) is 0 Å². The molecule has 1 fully saturated rings. The first kappa shape index (κ1) is 15.9. The minimum absolute atomic E-state index is 0.136. The number of nitrogens with one attached hydrogen (secondary N) is 2. The first-order chi connectivity index (χ1) is 12.3. The van der Waals surface area contributed by atoms with Crippen LogP contribution in [0.15, 0.2) is 54.6 Å². The Bertz CT molecular complexity index is 817. The lowest BCUT2D eigenvalue weighted by Crippen LogP contribution is -2.34. The summed E-state index contributed by atoms with van der Waals surface area (Å²) < 4.78 is 0. The topological polar surface area (TPSA) is 57.8 Å². The molecule has 2 N–H and O–H groups in total. The lowest BCUT2D eigenvalue weighted by molar-refractivity contribution is -0.125. The molecule has 4 heteroatoms. The highest BCUT2D eigenvalue weighted by Gasteiger charge is 2.26. The molecule has 0 radical (unpaired) electrons. The van der Waals surface area contributed by atoms with Crippen LogP contribution >= 0.6 is 0 Å². The maximum absolute atomic E-state index is 12.7. The Morgan fingerprint density at radius 1 is 1.08 bits per heavy atom. The van der Waals surface area contributed by atoms with Gasteiger partial charge in [0.2, 0.25) is 5.91 Å². The van der Waals surface area contributed by atoms with Crippen LogP contribution in [0, 0.1) is 5.92 Å². The van der Waals surface area contributed by atoms with Crippen molar-refractivity contribution in [1.29, 1.82) is 0 Å². The number of fused-ring (bicyclic) bond motifs is 1. The zero-order valence-electron chi connectivity index (χ0n) is 14.2. The number of amides is 1. The van der Waals surface area contributed by atoms with E-state index in [0.717, 1.165) is 49.0 Å². The lowest BCUT2D eigenvalue weighted by Gasteiger charge is -2.19. The minimum Gasteiger partial charge on any atom is -0.346 e. The number of H-pyrrole nitrogens is 1. The van der Waals surface area contributed by atoms with Crippen LogP contribution in [0.25, 0.3) is 11.0 Å². The van der Waals surface area contributed by atoms with Crippen molar-refractivity contribution in [3.63, 3.8) is 0 Å². The number of carbonyl (C=O) groups is 1. The summed E-state index contributed by atoms with van der Waals surface area (Å²) in [6.07, 6.45) is 5.06. The van der Waals surface area contributed by atoms with Gasteiger partial charge in [-0.15, -0.1) is 0 Å². The van der Waals surface area contributed by atoms with Crippen LogP contribution in [-0.4, -0.2) is 15.9 Å². The van der Waals surface area contributed by atoms with Crippen molar-refractivity contribution in [3.05, 3.63) is 66.0 Å². The zero-order valence-corrected chi connectivity index (χ0v) is 14.2. The van der Waals surface area contributed by atoms with Gasteiger partial charge in [0, 0.05) is 5.92 Å². The van der Waals surface area contributed by atoms with Crippen molar-refractivity contribution in [2.75, 3.05) is 0 Å². The Hall–Kier alpha value is -2.62. The smallest absolute Gasteiger partial charge is 0.223 e. The van der Waals surface area contributed by atoms with E-state index in [9.17, 15) is 4.79 Å². The van der Waals surface area contributed by atoms with Gasteiger partial charge < -0.3 is 10.3 Å². The number of rotatable bonds is 5. The summed E-state index contributed by atoms with van der Waals surface area (Å²) in [5.74, 6) is 1.15. The van der Waals surface area contributed by atoms with Crippen LogP contribution < -0.4 is 5.32 Å². The van der Waals surface area contributed by atoms with Crippen molar-refractivity contribution >= 4 is 16.9 Å². The monoisotopic (exact) mass is 333 g/mol. The van der Waals surface area contributed by atoms with Crippen LogP contribution in [0.2, 0.25) is 0 Å². The van der Waals surface area contributed by atoms with Crippen LogP contribution in [0.4, 0.5) is 0 Å². The SMILES string of the molecule is O=C(N[C@@H](Cc1ccccc1)c1nc2ccccc2[nH]1)C1CCCC1. The zero-order chi connectivity index (χ0) is 17.1. The fourth-order valence-electron chi connectivity index (χ4n) is 3.68. The van der Waals surface area contributed by atoms with Crippen molar-refractivity contribution in [3.8, 4) is 0 Å². The van der Waals surface area contributed by atoms with Gasteiger partial charge in [0.15, 0.2) is 0 Å². The van der Waals surface area contributed by atoms with Gasteiger partial charge >= 0.3 is 0 Å². The molecule has 0 spiro atoms. The summed E-state index contributed by atoms with van der Waals surface area (Å²) in [5.41, 5.74) is 3.14. The Labute approximate surface area is 147 Å². The highest BCUT2D eigenvalue weighted by atomic mass is 16.1. The third-order valence-corrected chi connectivity index (χ3v) is 5.06. The Kier molecular flexibility index (Phi) is 4.51. The molecule has 1 aliphatic carbocycles. The second-order valence-electron chi connectivity index (χ2n) is 6.87. The van der Waals surface area contributed by atoms with Crippen LogP contribution in [0.1, 0.15) is 43.1 Å². The summed E-state index contributed by atoms with van der Waals surface area (Å²) in [5, 5.41) is 3.25. The summed E-state index contributed by atoms with van der Waals surface area (Å²) in [7, 11) is 0. The number of hydrogen-bond acceptors (Lipinski definition) is 2. The second kappa shape index (κ2) is 7.09. The van der Waals surface area contributed by atoms with Gasteiger partial charge in [-0.2, -0.15) is 0 Å². The molecule has 0 unspecified atom stereocenters. The molecule has 1 atom stereocenters. The average Bonchev–Trinajstić information content (AvgIpc) is 3.31. The molecule has 1 saturated carbocycles. The molecule has 1 heterocycles. The van der Waals surface area contributed by atoms with Gasteiger partial charge in [0.25, 0.3) is 0 Å². The quantitative estimate of drug-likeness (QED) is 0.737. The molecule has 2 aromatic carbocycles. The van der Waals surface area contributed by atoms with Crippen molar-refractivity contribution in [2.45, 2.75) is 38.1 Å². The highest BCUT2D eigenvalue weighted by Crippen LogP contribution is 2.26. The summed E-state index contributed by atoms with van der Waals surface area (Å²) in [6, 6.07) is 18.1. The average molecular weight is 333 g/mol. The van der Waals surface area contributed by atoms with E-state index in [1.54, 1.807) is 0 Å². The third kappa shape index (κ3) is 3.58. The number of para-hydroxylation sites is 2. The molecule has 25 heavy (non-hydrogen) atoms. The number of carbonyl (C=O) groups excluding carboxylic acids is 1. The van der Waals surface area contributed by atoms with Gasteiger partial charge in [-0.1, -0.05) is 55.3 Å². The van der Waals surface area contributed by atoms with E-state index in [1.807, 2.05) is 42.5 Å². The normalized spacial score (nSPS) is 16.2. The predicted molar refractivity (Wildman–Crippen MR) is 99.1 cm³/mol. The van der Waals surface area contributed by atoms with Gasteiger partial charge in [0.1, 0.15) is 5.82 Å². The van der Waals surface area contributed by atoms with Crippen molar-refractivity contribution < 1.29 is 4.79 Å². The van der Waals surface area contributed by atoms with E-state index in [4.69, 9.17) is 4.98 Å². The molecule has 4 rings (SSSR count). The Morgan fingerprint density at radius 3 is 2.56 bits per heavy atom. The Morgan fingerprint density at radius 2 is 1.80 bits per heavy atom. The molecule has 3 aromatic rings. The van der Waals surface area contributed by atoms with E-state index in [-0.39, 0.29) is 17.9 Å². The molecule has 1 amide bonds.